The number of carboxylic acids is 2. The lowest BCUT2D eigenvalue weighted by Gasteiger charge is -2.51. The summed E-state index contributed by atoms with van der Waals surface area (Å²) in [5.41, 5.74) is -1.99. The molecule has 0 heterocycles. The van der Waals surface area contributed by atoms with Gasteiger partial charge in [0.1, 0.15) is 0 Å². The first kappa shape index (κ1) is 20.9. The van der Waals surface area contributed by atoms with E-state index in [1.54, 1.807) is 24.3 Å². The van der Waals surface area contributed by atoms with E-state index in [1.807, 2.05) is 0 Å². The molecule has 0 amide bonds. The molecular weight excluding hydrogens is 292 g/mol. The molecule has 0 aliphatic heterocycles. The van der Waals surface area contributed by atoms with Crippen LogP contribution >= 0.6 is 0 Å². The quantitative estimate of drug-likeness (QED) is 0.458. The van der Waals surface area contributed by atoms with Crippen LogP contribution in [0.5, 0.6) is 0 Å². The van der Waals surface area contributed by atoms with Crippen LogP contribution in [0.1, 0.15) is 44.9 Å². The second-order valence-electron chi connectivity index (χ2n) is 5.85. The molecule has 0 aliphatic rings. The van der Waals surface area contributed by atoms with Crippen LogP contribution in [-0.2, 0) is 9.59 Å². The zero-order valence-electron chi connectivity index (χ0n) is 13.7. The van der Waals surface area contributed by atoms with Gasteiger partial charge in [-0.25, -0.2) is 0 Å². The molecule has 0 radical (unpaired) electrons. The number of aliphatic carboxylic acids is 2. The van der Waals surface area contributed by atoms with E-state index in [0.717, 1.165) is 0 Å². The number of hydrogen-bond acceptors (Lipinski definition) is 4. The summed E-state index contributed by atoms with van der Waals surface area (Å²) in [6.45, 7) is 14.8. The Morgan fingerprint density at radius 1 is 0.826 bits per heavy atom. The molecule has 0 aromatic heterocycles. The van der Waals surface area contributed by atoms with Crippen LogP contribution in [0.2, 0.25) is 0 Å². The standard InChI is InChI=1S/C19H28O4/c1-5-11-18(12-6-2,15-9-10-16(20)21)19(13-7-3,14-8-4)17(22)23/h5-8H,1-4,9-15H2,(H,20,21)(H,22,23)/p-2. The first-order valence-corrected chi connectivity index (χ1v) is 7.70. The average Bonchev–Trinajstić information content (AvgIpc) is 2.46. The molecule has 0 rings (SSSR count). The van der Waals surface area contributed by atoms with Crippen LogP contribution in [0, 0.1) is 10.8 Å². The number of hydrogen-bond donors (Lipinski definition) is 0. The van der Waals surface area contributed by atoms with E-state index in [2.05, 4.69) is 26.3 Å². The van der Waals surface area contributed by atoms with Gasteiger partial charge in [0, 0.05) is 17.4 Å². The molecule has 0 aliphatic carbocycles. The number of carboxylic acid groups (broad SMARTS) is 2. The Bertz CT molecular complexity index is 442. The zero-order chi connectivity index (χ0) is 17.9. The Morgan fingerprint density at radius 2 is 1.26 bits per heavy atom. The third kappa shape index (κ3) is 4.95. The van der Waals surface area contributed by atoms with E-state index in [4.69, 9.17) is 0 Å². The average molecular weight is 318 g/mol. The van der Waals surface area contributed by atoms with Gasteiger partial charge >= 0.3 is 0 Å². The van der Waals surface area contributed by atoms with Gasteiger partial charge in [-0.15, -0.1) is 26.3 Å². The van der Waals surface area contributed by atoms with Crippen molar-refractivity contribution in [1.29, 1.82) is 0 Å². The maximum absolute atomic E-state index is 12.1. The van der Waals surface area contributed by atoms with Gasteiger partial charge in [0.25, 0.3) is 0 Å². The highest BCUT2D eigenvalue weighted by Crippen LogP contribution is 2.54. The van der Waals surface area contributed by atoms with Crippen molar-refractivity contribution in [2.24, 2.45) is 10.8 Å². The van der Waals surface area contributed by atoms with Crippen LogP contribution < -0.4 is 10.2 Å². The van der Waals surface area contributed by atoms with Crippen molar-refractivity contribution in [2.75, 3.05) is 0 Å². The highest BCUT2D eigenvalue weighted by molar-refractivity contribution is 5.74. The SMILES string of the molecule is C=CCC(CC=C)(CCCC(=O)[O-])C(CC=C)(CC=C)C(=O)[O-]. The number of rotatable bonds is 14. The van der Waals surface area contributed by atoms with Crippen molar-refractivity contribution < 1.29 is 19.8 Å². The van der Waals surface area contributed by atoms with Gasteiger partial charge in [0.15, 0.2) is 0 Å². The van der Waals surface area contributed by atoms with E-state index >= 15 is 0 Å². The predicted molar refractivity (Wildman–Crippen MR) is 88.0 cm³/mol. The first-order chi connectivity index (χ1) is 10.9. The predicted octanol–water partition coefficient (Wildman–Crippen LogP) is 1.93. The lowest BCUT2D eigenvalue weighted by Crippen LogP contribution is -2.53. The molecule has 4 nitrogen and oxygen atoms in total. The molecule has 0 unspecified atom stereocenters. The summed E-state index contributed by atoms with van der Waals surface area (Å²) in [6.07, 6.45) is 8.21. The molecule has 0 saturated carbocycles. The van der Waals surface area contributed by atoms with Gasteiger partial charge in [-0.1, -0.05) is 24.3 Å². The Balaban J connectivity index is 6.02. The van der Waals surface area contributed by atoms with Gasteiger partial charge in [0.2, 0.25) is 0 Å². The summed E-state index contributed by atoms with van der Waals surface area (Å²) in [4.78, 5) is 22.8. The maximum atomic E-state index is 12.1. The third-order valence-corrected chi connectivity index (χ3v) is 4.50. The lowest BCUT2D eigenvalue weighted by atomic mass is 9.55. The van der Waals surface area contributed by atoms with Crippen LogP contribution in [0.4, 0.5) is 0 Å². The topological polar surface area (TPSA) is 80.3 Å². The largest absolute Gasteiger partial charge is 0.550 e. The van der Waals surface area contributed by atoms with Gasteiger partial charge in [-0.2, -0.15) is 0 Å². The van der Waals surface area contributed by atoms with Crippen molar-refractivity contribution in [3.63, 3.8) is 0 Å². The van der Waals surface area contributed by atoms with Gasteiger partial charge in [-0.05, 0) is 50.4 Å². The van der Waals surface area contributed by atoms with Gasteiger partial charge < -0.3 is 19.8 Å². The van der Waals surface area contributed by atoms with E-state index in [-0.39, 0.29) is 19.3 Å². The summed E-state index contributed by atoms with van der Waals surface area (Å²) in [7, 11) is 0. The third-order valence-electron chi connectivity index (χ3n) is 4.50. The zero-order valence-corrected chi connectivity index (χ0v) is 13.7. The minimum absolute atomic E-state index is 0.124. The summed E-state index contributed by atoms with van der Waals surface area (Å²) in [6, 6.07) is 0. The normalized spacial score (nSPS) is 11.5. The van der Waals surface area contributed by atoms with Crippen molar-refractivity contribution in [1.82, 2.24) is 0 Å². The molecular formula is C19H26O4-2. The fourth-order valence-electron chi connectivity index (χ4n) is 3.43. The molecule has 0 aromatic rings. The van der Waals surface area contributed by atoms with Crippen molar-refractivity contribution in [3.05, 3.63) is 50.6 Å². The molecule has 0 N–H and O–H groups in total. The molecule has 0 atom stereocenters. The van der Waals surface area contributed by atoms with E-state index in [1.165, 1.54) is 0 Å². The first-order valence-electron chi connectivity index (χ1n) is 7.70. The monoisotopic (exact) mass is 318 g/mol. The summed E-state index contributed by atoms with van der Waals surface area (Å²) >= 11 is 0. The summed E-state index contributed by atoms with van der Waals surface area (Å²) in [5.74, 6) is -2.34. The Labute approximate surface area is 138 Å². The van der Waals surface area contributed by atoms with Crippen molar-refractivity contribution >= 4 is 11.9 Å². The van der Waals surface area contributed by atoms with Crippen molar-refractivity contribution in [2.45, 2.75) is 44.9 Å². The molecule has 4 heteroatoms. The number of carbonyl (C=O) groups excluding carboxylic acids is 2. The van der Waals surface area contributed by atoms with Crippen LogP contribution in [0.15, 0.2) is 50.6 Å². The molecule has 0 fully saturated rings. The van der Waals surface area contributed by atoms with E-state index in [9.17, 15) is 19.8 Å². The van der Waals surface area contributed by atoms with Gasteiger partial charge in [0.05, 0.1) is 0 Å². The van der Waals surface area contributed by atoms with E-state index < -0.39 is 22.8 Å². The van der Waals surface area contributed by atoms with Gasteiger partial charge in [-0.3, -0.25) is 0 Å². The summed E-state index contributed by atoms with van der Waals surface area (Å²) in [5, 5.41) is 22.8. The second kappa shape index (κ2) is 9.82. The molecule has 128 valence electrons. The molecule has 0 bridgehead atoms. The van der Waals surface area contributed by atoms with Crippen LogP contribution in [0.3, 0.4) is 0 Å². The smallest absolute Gasteiger partial charge is 0.0488 e. The summed E-state index contributed by atoms with van der Waals surface area (Å²) < 4.78 is 0. The Kier molecular flexibility index (Phi) is 8.93. The van der Waals surface area contributed by atoms with Crippen molar-refractivity contribution in [3.8, 4) is 0 Å². The Morgan fingerprint density at radius 3 is 1.57 bits per heavy atom. The molecule has 23 heavy (non-hydrogen) atoms. The number of allylic oxidation sites excluding steroid dienone is 4. The number of carbonyl (C=O) groups is 2. The minimum atomic E-state index is -1.23. The fraction of sp³-hybridized carbons (Fsp3) is 0.474. The Hall–Kier alpha value is -2.10. The lowest BCUT2D eigenvalue weighted by molar-refractivity contribution is -0.326. The van der Waals surface area contributed by atoms with Crippen LogP contribution in [0.25, 0.3) is 0 Å². The molecule has 0 aromatic carbocycles. The molecule has 0 spiro atoms. The maximum Gasteiger partial charge on any atom is 0.0488 e. The van der Waals surface area contributed by atoms with E-state index in [0.29, 0.717) is 25.7 Å². The minimum Gasteiger partial charge on any atom is -0.550 e. The van der Waals surface area contributed by atoms with Crippen LogP contribution in [-0.4, -0.2) is 11.9 Å². The second-order valence-corrected chi connectivity index (χ2v) is 5.85. The highest BCUT2D eigenvalue weighted by atomic mass is 16.4. The highest BCUT2D eigenvalue weighted by Gasteiger charge is 2.48. The fourth-order valence-corrected chi connectivity index (χ4v) is 3.43. The molecule has 0 saturated heterocycles.